The second-order valence-corrected chi connectivity index (χ2v) is 9.50. The van der Waals surface area contributed by atoms with Gasteiger partial charge in [0.1, 0.15) is 5.75 Å². The maximum Gasteiger partial charge on any atom is 0.338 e. The number of esters is 1. The Morgan fingerprint density at radius 1 is 1.02 bits per heavy atom. The Bertz CT molecular complexity index is 1690. The molecule has 1 aliphatic rings. The van der Waals surface area contributed by atoms with E-state index in [1.165, 1.54) is 24.4 Å². The molecule has 1 aliphatic heterocycles. The molecular formula is C32H28N4O5. The van der Waals surface area contributed by atoms with Crippen molar-refractivity contribution in [3.63, 3.8) is 0 Å². The molecular weight excluding hydrogens is 520 g/mol. The van der Waals surface area contributed by atoms with E-state index >= 15 is 0 Å². The first-order chi connectivity index (χ1) is 20.0. The molecule has 0 unspecified atom stereocenters. The molecule has 1 N–H and O–H groups in total. The monoisotopic (exact) mass is 548 g/mol. The SMILES string of the molecule is CCOC(=O)c1ccc(-c2ncc(OC)c3c(C(=O)C(=O)N4CCC(=C(C#N)c5ccccc5)CC4)c[nH]c23)cc1. The summed E-state index contributed by atoms with van der Waals surface area (Å²) in [6.45, 7) is 2.71. The molecule has 9 heteroatoms. The van der Waals surface area contributed by atoms with Crippen molar-refractivity contribution in [3.05, 3.63) is 89.3 Å². The molecule has 0 aliphatic carbocycles. The van der Waals surface area contributed by atoms with Gasteiger partial charge in [-0.2, -0.15) is 5.26 Å². The number of piperidine rings is 1. The van der Waals surface area contributed by atoms with E-state index in [1.54, 1.807) is 31.2 Å². The summed E-state index contributed by atoms with van der Waals surface area (Å²) in [4.78, 5) is 48.0. The van der Waals surface area contributed by atoms with Crippen LogP contribution in [0.5, 0.6) is 5.75 Å². The first-order valence-electron chi connectivity index (χ1n) is 13.3. The van der Waals surface area contributed by atoms with Crippen LogP contribution >= 0.6 is 0 Å². The normalized spacial score (nSPS) is 13.0. The second-order valence-electron chi connectivity index (χ2n) is 9.50. The topological polar surface area (TPSA) is 125 Å². The highest BCUT2D eigenvalue weighted by molar-refractivity contribution is 6.45. The second kappa shape index (κ2) is 11.9. The van der Waals surface area contributed by atoms with E-state index in [0.717, 1.165) is 11.1 Å². The van der Waals surface area contributed by atoms with Crippen LogP contribution in [0.25, 0.3) is 27.7 Å². The molecule has 0 saturated carbocycles. The molecule has 1 saturated heterocycles. The number of pyridine rings is 1. The number of hydrogen-bond donors (Lipinski definition) is 1. The van der Waals surface area contributed by atoms with E-state index in [-0.39, 0.29) is 12.2 Å². The fourth-order valence-corrected chi connectivity index (χ4v) is 5.09. The number of methoxy groups -OCH3 is 1. The van der Waals surface area contributed by atoms with Gasteiger partial charge in [-0.3, -0.25) is 14.6 Å². The number of nitriles is 1. The Morgan fingerprint density at radius 2 is 1.73 bits per heavy atom. The summed E-state index contributed by atoms with van der Waals surface area (Å²) in [6.07, 6.45) is 4.05. The lowest BCUT2D eigenvalue weighted by Gasteiger charge is -2.28. The molecule has 0 bridgehead atoms. The van der Waals surface area contributed by atoms with Gasteiger partial charge >= 0.3 is 5.97 Å². The van der Waals surface area contributed by atoms with Gasteiger partial charge in [0.05, 0.1) is 59.3 Å². The van der Waals surface area contributed by atoms with Crippen LogP contribution in [-0.4, -0.2) is 59.3 Å². The molecule has 1 amide bonds. The number of fused-ring (bicyclic) bond motifs is 1. The Morgan fingerprint density at radius 3 is 2.37 bits per heavy atom. The van der Waals surface area contributed by atoms with Gasteiger partial charge in [-0.1, -0.05) is 42.5 Å². The van der Waals surface area contributed by atoms with Crippen LogP contribution in [0.4, 0.5) is 0 Å². The quantitative estimate of drug-likeness (QED) is 0.146. The van der Waals surface area contributed by atoms with E-state index in [0.29, 0.717) is 65.0 Å². The van der Waals surface area contributed by atoms with E-state index < -0.39 is 17.7 Å². The molecule has 4 aromatic rings. The highest BCUT2D eigenvalue weighted by Gasteiger charge is 2.30. The van der Waals surface area contributed by atoms with E-state index in [1.807, 2.05) is 30.3 Å². The molecule has 0 atom stereocenters. The molecule has 3 heterocycles. The van der Waals surface area contributed by atoms with E-state index in [4.69, 9.17) is 9.47 Å². The number of ketones is 1. The van der Waals surface area contributed by atoms with Crippen LogP contribution < -0.4 is 4.74 Å². The number of carbonyl (C=O) groups is 3. The maximum absolute atomic E-state index is 13.5. The van der Waals surface area contributed by atoms with Gasteiger partial charge < -0.3 is 19.4 Å². The minimum absolute atomic E-state index is 0.192. The number of H-pyrrole nitrogens is 1. The van der Waals surface area contributed by atoms with Crippen LogP contribution in [0.2, 0.25) is 0 Å². The van der Waals surface area contributed by atoms with Crippen LogP contribution in [0.1, 0.15) is 46.0 Å². The third-order valence-corrected chi connectivity index (χ3v) is 7.18. The van der Waals surface area contributed by atoms with Crippen molar-refractivity contribution in [2.75, 3.05) is 26.8 Å². The zero-order valence-corrected chi connectivity index (χ0v) is 22.8. The van der Waals surface area contributed by atoms with Crippen LogP contribution in [-0.2, 0) is 9.53 Å². The van der Waals surface area contributed by atoms with Crippen molar-refractivity contribution >= 4 is 34.1 Å². The summed E-state index contributed by atoms with van der Waals surface area (Å²) in [5.74, 6) is -1.32. The Balaban J connectivity index is 1.40. The lowest BCUT2D eigenvalue weighted by atomic mass is 9.93. The molecule has 5 rings (SSSR count). The summed E-state index contributed by atoms with van der Waals surface area (Å²) >= 11 is 0. The van der Waals surface area contributed by atoms with Gasteiger partial charge in [0.25, 0.3) is 11.7 Å². The average Bonchev–Trinajstić information content (AvgIpc) is 3.47. The first-order valence-corrected chi connectivity index (χ1v) is 13.3. The molecule has 41 heavy (non-hydrogen) atoms. The van der Waals surface area contributed by atoms with Crippen molar-refractivity contribution < 1.29 is 23.9 Å². The lowest BCUT2D eigenvalue weighted by Crippen LogP contribution is -2.40. The Labute approximate surface area is 237 Å². The molecule has 2 aromatic heterocycles. The van der Waals surface area contributed by atoms with Crippen LogP contribution in [0.15, 0.2) is 72.6 Å². The number of amides is 1. The standard InChI is InChI=1S/C32H28N4O5/c1-3-41-32(39)23-11-9-22(10-12-23)28-29-27(26(40-2)19-35-28)25(18-34-29)30(37)31(38)36-15-13-21(14-16-36)24(17-33)20-7-5-4-6-8-20/h4-12,18-19,34H,3,13-16H2,1-2H3. The number of ether oxygens (including phenoxy) is 2. The predicted octanol–water partition coefficient (Wildman–Crippen LogP) is 5.20. The zero-order valence-electron chi connectivity index (χ0n) is 22.8. The van der Waals surface area contributed by atoms with Crippen molar-refractivity contribution in [3.8, 4) is 23.1 Å². The number of likely N-dealkylation sites (tertiary alicyclic amines) is 1. The largest absolute Gasteiger partial charge is 0.494 e. The number of benzene rings is 2. The molecule has 0 radical (unpaired) electrons. The number of aromatic amines is 1. The highest BCUT2D eigenvalue weighted by atomic mass is 16.5. The third-order valence-electron chi connectivity index (χ3n) is 7.18. The van der Waals surface area contributed by atoms with Gasteiger partial charge in [-0.25, -0.2) is 4.79 Å². The summed E-state index contributed by atoms with van der Waals surface area (Å²) < 4.78 is 10.6. The van der Waals surface area contributed by atoms with Gasteiger partial charge in [0, 0.05) is 24.8 Å². The molecule has 206 valence electrons. The molecule has 9 nitrogen and oxygen atoms in total. The minimum Gasteiger partial charge on any atom is -0.494 e. The molecule has 2 aromatic carbocycles. The number of nitrogens with one attached hydrogen (secondary N) is 1. The van der Waals surface area contributed by atoms with Crippen molar-refractivity contribution in [1.29, 1.82) is 5.26 Å². The van der Waals surface area contributed by atoms with E-state index in [9.17, 15) is 19.6 Å². The highest BCUT2D eigenvalue weighted by Crippen LogP contribution is 2.35. The summed E-state index contributed by atoms with van der Waals surface area (Å²) in [6, 6.07) is 18.6. The predicted molar refractivity (Wildman–Crippen MR) is 153 cm³/mol. The smallest absolute Gasteiger partial charge is 0.338 e. The van der Waals surface area contributed by atoms with Crippen molar-refractivity contribution in [1.82, 2.24) is 14.9 Å². The number of aromatic nitrogens is 2. The average molecular weight is 549 g/mol. The van der Waals surface area contributed by atoms with Crippen LogP contribution in [0.3, 0.4) is 0 Å². The fraction of sp³-hybridized carbons (Fsp3) is 0.219. The first kappa shape index (κ1) is 27.3. The number of nitrogens with zero attached hydrogens (tertiary/aromatic N) is 3. The van der Waals surface area contributed by atoms with Gasteiger partial charge in [-0.05, 0) is 43.0 Å². The third kappa shape index (κ3) is 5.32. The molecule has 1 fully saturated rings. The summed E-state index contributed by atoms with van der Waals surface area (Å²) in [5.41, 5.74) is 4.85. The minimum atomic E-state index is -0.652. The Kier molecular flexibility index (Phi) is 7.92. The number of Topliss-reactive ketones (excluding diaryl/α,β-unsaturated/α-hetero) is 1. The number of carbonyl (C=O) groups excluding carboxylic acids is 3. The number of hydrogen-bond acceptors (Lipinski definition) is 7. The van der Waals surface area contributed by atoms with Gasteiger partial charge in [-0.15, -0.1) is 0 Å². The zero-order chi connectivity index (χ0) is 28.9. The van der Waals surface area contributed by atoms with Gasteiger partial charge in [0.2, 0.25) is 0 Å². The summed E-state index contributed by atoms with van der Waals surface area (Å²) in [5, 5.41) is 10.2. The lowest BCUT2D eigenvalue weighted by molar-refractivity contribution is -0.126. The fourth-order valence-electron chi connectivity index (χ4n) is 5.09. The summed E-state index contributed by atoms with van der Waals surface area (Å²) in [7, 11) is 1.48. The number of allylic oxidation sites excluding steroid dienone is 1. The van der Waals surface area contributed by atoms with Crippen LogP contribution in [0, 0.1) is 11.3 Å². The van der Waals surface area contributed by atoms with Gasteiger partial charge in [0.15, 0.2) is 0 Å². The Hall–Kier alpha value is -5.23. The maximum atomic E-state index is 13.5. The van der Waals surface area contributed by atoms with Crippen molar-refractivity contribution in [2.45, 2.75) is 19.8 Å². The molecule has 0 spiro atoms. The number of rotatable bonds is 7. The van der Waals surface area contributed by atoms with E-state index in [2.05, 4.69) is 16.0 Å². The van der Waals surface area contributed by atoms with Crippen molar-refractivity contribution in [2.24, 2.45) is 0 Å².